The second-order valence-electron chi connectivity index (χ2n) is 4.04. The zero-order valence-electron chi connectivity index (χ0n) is 8.68. The van der Waals surface area contributed by atoms with E-state index < -0.39 is 6.10 Å². The fourth-order valence-corrected chi connectivity index (χ4v) is 2.07. The molecule has 0 aromatic carbocycles. The van der Waals surface area contributed by atoms with Crippen molar-refractivity contribution in [1.29, 1.82) is 0 Å². The molecule has 16 heavy (non-hydrogen) atoms. The largest absolute Gasteiger partial charge is 0.352 e. The van der Waals surface area contributed by atoms with Gasteiger partial charge in [-0.3, -0.25) is 14.9 Å². The molecule has 2 unspecified atom stereocenters. The minimum absolute atomic E-state index is 0.0420. The second kappa shape index (κ2) is 4.71. The van der Waals surface area contributed by atoms with E-state index in [2.05, 4.69) is 5.32 Å². The highest BCUT2D eigenvalue weighted by Crippen LogP contribution is 2.26. The molecule has 0 aliphatic carbocycles. The third kappa shape index (κ3) is 2.45. The average molecular weight is 227 g/mol. The number of carbonyl (C=O) groups is 3. The molecule has 2 rings (SSSR count). The number of ether oxygens (including phenoxy) is 2. The summed E-state index contributed by atoms with van der Waals surface area (Å²) >= 11 is 0. The molecule has 2 fully saturated rings. The molecule has 0 aromatic heterocycles. The standard InChI is InChI=1S/C10H13NO5/c12-4-7-3-8(16-5-15-7)6-1-9(13)11-10(14)2-6/h4,6-8H,1-3,5H2,(H,11,13,14). The van der Waals surface area contributed by atoms with Crippen LogP contribution in [0, 0.1) is 5.92 Å². The number of hydrogen-bond donors (Lipinski definition) is 1. The van der Waals surface area contributed by atoms with E-state index in [4.69, 9.17) is 9.47 Å². The number of amides is 2. The third-order valence-electron chi connectivity index (χ3n) is 2.88. The summed E-state index contributed by atoms with van der Waals surface area (Å²) < 4.78 is 10.4. The van der Waals surface area contributed by atoms with Gasteiger partial charge in [-0.1, -0.05) is 0 Å². The number of imide groups is 1. The Labute approximate surface area is 92.3 Å². The summed E-state index contributed by atoms with van der Waals surface area (Å²) in [5.74, 6) is -0.703. The van der Waals surface area contributed by atoms with Crippen LogP contribution in [0.25, 0.3) is 0 Å². The summed E-state index contributed by atoms with van der Waals surface area (Å²) in [5.41, 5.74) is 0. The highest BCUT2D eigenvalue weighted by atomic mass is 16.7. The maximum Gasteiger partial charge on any atom is 0.226 e. The minimum atomic E-state index is -0.487. The van der Waals surface area contributed by atoms with Crippen molar-refractivity contribution in [2.45, 2.75) is 31.5 Å². The molecule has 6 heteroatoms. The summed E-state index contributed by atoms with van der Waals surface area (Å²) in [6, 6.07) is 0. The quantitative estimate of drug-likeness (QED) is 0.501. The third-order valence-corrected chi connectivity index (χ3v) is 2.88. The van der Waals surface area contributed by atoms with Crippen molar-refractivity contribution in [2.24, 2.45) is 5.92 Å². The van der Waals surface area contributed by atoms with Gasteiger partial charge in [0.25, 0.3) is 0 Å². The molecule has 2 amide bonds. The van der Waals surface area contributed by atoms with Crippen molar-refractivity contribution in [3.8, 4) is 0 Å². The molecule has 2 saturated heterocycles. The molecule has 0 aromatic rings. The molecule has 88 valence electrons. The number of nitrogens with one attached hydrogen (secondary N) is 1. The lowest BCUT2D eigenvalue weighted by atomic mass is 9.88. The number of aldehydes is 1. The molecule has 1 N–H and O–H groups in total. The van der Waals surface area contributed by atoms with Gasteiger partial charge in [-0.15, -0.1) is 0 Å². The van der Waals surface area contributed by atoms with E-state index in [9.17, 15) is 14.4 Å². The fraction of sp³-hybridized carbons (Fsp3) is 0.700. The van der Waals surface area contributed by atoms with E-state index in [0.717, 1.165) is 6.29 Å². The highest BCUT2D eigenvalue weighted by Gasteiger charge is 2.35. The first-order valence-corrected chi connectivity index (χ1v) is 5.20. The molecular weight excluding hydrogens is 214 g/mol. The number of carbonyl (C=O) groups excluding carboxylic acids is 3. The summed E-state index contributed by atoms with van der Waals surface area (Å²) in [4.78, 5) is 33.0. The van der Waals surface area contributed by atoms with Gasteiger partial charge in [-0.2, -0.15) is 0 Å². The van der Waals surface area contributed by atoms with E-state index in [1.807, 2.05) is 0 Å². The lowest BCUT2D eigenvalue weighted by molar-refractivity contribution is -0.189. The van der Waals surface area contributed by atoms with Gasteiger partial charge in [0.05, 0.1) is 6.10 Å². The molecule has 2 heterocycles. The Morgan fingerprint density at radius 3 is 2.50 bits per heavy atom. The molecule has 0 radical (unpaired) electrons. The Kier molecular flexibility index (Phi) is 3.31. The molecule has 6 nitrogen and oxygen atoms in total. The smallest absolute Gasteiger partial charge is 0.226 e. The molecule has 0 spiro atoms. The van der Waals surface area contributed by atoms with Crippen molar-refractivity contribution >= 4 is 18.1 Å². The molecular formula is C10H13NO5. The Balaban J connectivity index is 1.97. The first-order valence-electron chi connectivity index (χ1n) is 5.20. The zero-order valence-corrected chi connectivity index (χ0v) is 8.68. The number of rotatable bonds is 2. The van der Waals surface area contributed by atoms with Crippen LogP contribution in [-0.2, 0) is 23.9 Å². The van der Waals surface area contributed by atoms with Crippen LogP contribution in [0.3, 0.4) is 0 Å². The number of piperidine rings is 1. The molecule has 0 saturated carbocycles. The normalized spacial score (nSPS) is 32.2. The van der Waals surface area contributed by atoms with E-state index in [1.165, 1.54) is 0 Å². The van der Waals surface area contributed by atoms with Gasteiger partial charge in [-0.25, -0.2) is 0 Å². The molecule has 2 aliphatic rings. The Bertz CT molecular complexity index is 300. The van der Waals surface area contributed by atoms with Crippen molar-refractivity contribution in [2.75, 3.05) is 6.79 Å². The van der Waals surface area contributed by atoms with Crippen LogP contribution in [-0.4, -0.2) is 37.1 Å². The maximum absolute atomic E-state index is 11.2. The Morgan fingerprint density at radius 1 is 1.19 bits per heavy atom. The van der Waals surface area contributed by atoms with Gasteiger partial charge in [-0.05, 0) is 0 Å². The average Bonchev–Trinajstić information content (AvgIpc) is 2.28. The van der Waals surface area contributed by atoms with E-state index >= 15 is 0 Å². The van der Waals surface area contributed by atoms with Crippen molar-refractivity contribution in [3.05, 3.63) is 0 Å². The predicted octanol–water partition coefficient (Wildman–Crippen LogP) is -0.630. The summed E-state index contributed by atoms with van der Waals surface area (Å²) in [6.07, 6.45) is 0.927. The maximum atomic E-state index is 11.2. The van der Waals surface area contributed by atoms with Gasteiger partial charge in [0.1, 0.15) is 19.2 Å². The van der Waals surface area contributed by atoms with Crippen LogP contribution in [0.4, 0.5) is 0 Å². The minimum Gasteiger partial charge on any atom is -0.352 e. The topological polar surface area (TPSA) is 81.7 Å². The van der Waals surface area contributed by atoms with Crippen LogP contribution < -0.4 is 5.32 Å². The van der Waals surface area contributed by atoms with Crippen LogP contribution in [0.15, 0.2) is 0 Å². The molecule has 0 bridgehead atoms. The lowest BCUT2D eigenvalue weighted by Crippen LogP contribution is -2.45. The number of hydrogen-bond acceptors (Lipinski definition) is 5. The lowest BCUT2D eigenvalue weighted by Gasteiger charge is -2.33. The van der Waals surface area contributed by atoms with Gasteiger partial charge < -0.3 is 14.3 Å². The SMILES string of the molecule is O=CC1CC(C2CC(=O)NC(=O)C2)OCO1. The summed E-state index contributed by atoms with van der Waals surface area (Å²) in [6.45, 7) is 0.0420. The Hall–Kier alpha value is -1.27. The molecule has 2 atom stereocenters. The van der Waals surface area contributed by atoms with Gasteiger partial charge in [0, 0.05) is 25.2 Å². The van der Waals surface area contributed by atoms with Crippen LogP contribution in [0.1, 0.15) is 19.3 Å². The van der Waals surface area contributed by atoms with Crippen LogP contribution >= 0.6 is 0 Å². The predicted molar refractivity (Wildman–Crippen MR) is 51.2 cm³/mol. The van der Waals surface area contributed by atoms with Gasteiger partial charge in [0.15, 0.2) is 0 Å². The zero-order chi connectivity index (χ0) is 11.5. The van der Waals surface area contributed by atoms with E-state index in [-0.39, 0.29) is 43.5 Å². The van der Waals surface area contributed by atoms with Crippen LogP contribution in [0.2, 0.25) is 0 Å². The second-order valence-corrected chi connectivity index (χ2v) is 4.04. The van der Waals surface area contributed by atoms with E-state index in [0.29, 0.717) is 6.42 Å². The highest BCUT2D eigenvalue weighted by molar-refractivity contribution is 5.97. The van der Waals surface area contributed by atoms with Gasteiger partial charge >= 0.3 is 0 Å². The van der Waals surface area contributed by atoms with Crippen molar-refractivity contribution in [1.82, 2.24) is 5.32 Å². The van der Waals surface area contributed by atoms with Crippen molar-refractivity contribution < 1.29 is 23.9 Å². The summed E-state index contributed by atoms with van der Waals surface area (Å²) in [7, 11) is 0. The van der Waals surface area contributed by atoms with E-state index in [1.54, 1.807) is 0 Å². The van der Waals surface area contributed by atoms with Crippen LogP contribution in [0.5, 0.6) is 0 Å². The fourth-order valence-electron chi connectivity index (χ4n) is 2.07. The van der Waals surface area contributed by atoms with Crippen molar-refractivity contribution in [3.63, 3.8) is 0 Å². The first kappa shape index (κ1) is 11.2. The van der Waals surface area contributed by atoms with Gasteiger partial charge in [0.2, 0.25) is 11.8 Å². The first-order chi connectivity index (χ1) is 7.69. The Morgan fingerprint density at radius 2 is 1.88 bits per heavy atom. The monoisotopic (exact) mass is 227 g/mol. The molecule has 2 aliphatic heterocycles. The summed E-state index contributed by atoms with van der Waals surface area (Å²) in [5, 5.41) is 2.24.